The SMILES string of the molecule is CC.CCOC(=O)C(N)=NC=NCc1cc(C(C)(C)C#N)cc(C(C)(C)C#N)c1. The van der Waals surface area contributed by atoms with Gasteiger partial charge in [-0.05, 0) is 51.3 Å². The Morgan fingerprint density at radius 2 is 1.59 bits per heavy atom. The Bertz CT molecular complexity index is 795. The number of hydrogen-bond acceptors (Lipinski definition) is 5. The molecule has 0 spiro atoms. The van der Waals surface area contributed by atoms with Gasteiger partial charge >= 0.3 is 5.97 Å². The third-order valence-corrected chi connectivity index (χ3v) is 4.03. The molecule has 7 heteroatoms. The zero-order valence-corrected chi connectivity index (χ0v) is 18.4. The van der Waals surface area contributed by atoms with Crippen molar-refractivity contribution >= 4 is 18.1 Å². The predicted octanol–water partition coefficient (Wildman–Crippen LogP) is 3.76. The molecule has 0 unspecified atom stereocenters. The molecule has 0 atom stereocenters. The van der Waals surface area contributed by atoms with Crippen LogP contribution >= 0.6 is 0 Å². The maximum atomic E-state index is 11.4. The van der Waals surface area contributed by atoms with Gasteiger partial charge in [0.25, 0.3) is 0 Å². The quantitative estimate of drug-likeness (QED) is 0.444. The third kappa shape index (κ3) is 7.75. The molecule has 1 aromatic carbocycles. The predicted molar refractivity (Wildman–Crippen MR) is 116 cm³/mol. The maximum absolute atomic E-state index is 11.4. The van der Waals surface area contributed by atoms with Crippen molar-refractivity contribution in [2.45, 2.75) is 65.8 Å². The van der Waals surface area contributed by atoms with Crippen LogP contribution in [0.5, 0.6) is 0 Å². The molecular formula is C22H31N5O2. The standard InChI is InChI=1S/C20H25N5O2.C2H6/c1-6-27-18(26)17(23)25-13-24-10-14-7-15(19(2,3)11-21)9-16(8-14)20(4,5)12-22;1-2/h7-9,13H,6,10H2,1-5H3,(H2,23,24,25);1-2H3. The number of amidine groups is 1. The second-order valence-corrected chi connectivity index (χ2v) is 7.08. The Balaban J connectivity index is 0.00000379. The molecule has 0 saturated carbocycles. The normalized spacial score (nSPS) is 11.8. The van der Waals surface area contributed by atoms with E-state index in [1.165, 1.54) is 6.34 Å². The molecule has 0 aliphatic rings. The Labute approximate surface area is 173 Å². The van der Waals surface area contributed by atoms with Crippen molar-refractivity contribution in [3.05, 3.63) is 34.9 Å². The van der Waals surface area contributed by atoms with Crippen LogP contribution in [0.3, 0.4) is 0 Å². The van der Waals surface area contributed by atoms with E-state index in [4.69, 9.17) is 10.5 Å². The molecule has 1 rings (SSSR count). The molecule has 0 heterocycles. The highest BCUT2D eigenvalue weighted by Crippen LogP contribution is 2.30. The molecule has 0 aliphatic carbocycles. The van der Waals surface area contributed by atoms with Crippen LogP contribution in [0.2, 0.25) is 0 Å². The van der Waals surface area contributed by atoms with Gasteiger partial charge in [0.05, 0.1) is 36.1 Å². The average molecular weight is 398 g/mol. The van der Waals surface area contributed by atoms with Crippen molar-refractivity contribution in [3.8, 4) is 12.1 Å². The van der Waals surface area contributed by atoms with Crippen molar-refractivity contribution in [2.24, 2.45) is 15.7 Å². The Morgan fingerprint density at radius 1 is 1.10 bits per heavy atom. The van der Waals surface area contributed by atoms with Crippen LogP contribution < -0.4 is 5.73 Å². The first-order valence-electron chi connectivity index (χ1n) is 9.53. The van der Waals surface area contributed by atoms with E-state index in [1.54, 1.807) is 6.92 Å². The van der Waals surface area contributed by atoms with E-state index in [0.29, 0.717) is 0 Å². The van der Waals surface area contributed by atoms with Gasteiger partial charge in [-0.2, -0.15) is 10.5 Å². The number of benzene rings is 1. The monoisotopic (exact) mass is 397 g/mol. The minimum atomic E-state index is -0.702. The van der Waals surface area contributed by atoms with E-state index in [2.05, 4.69) is 22.1 Å². The van der Waals surface area contributed by atoms with Crippen LogP contribution in [0.25, 0.3) is 0 Å². The molecule has 0 amide bonds. The van der Waals surface area contributed by atoms with Gasteiger partial charge in [0.2, 0.25) is 5.84 Å². The number of hydrogen-bond donors (Lipinski definition) is 1. The van der Waals surface area contributed by atoms with Gasteiger partial charge in [-0.15, -0.1) is 0 Å². The van der Waals surface area contributed by atoms with Gasteiger partial charge < -0.3 is 10.5 Å². The highest BCUT2D eigenvalue weighted by atomic mass is 16.5. The molecule has 156 valence electrons. The molecule has 0 fully saturated rings. The summed E-state index contributed by atoms with van der Waals surface area (Å²) in [4.78, 5) is 19.3. The van der Waals surface area contributed by atoms with Gasteiger partial charge in [0.15, 0.2) is 0 Å². The molecule has 1 aromatic rings. The summed E-state index contributed by atoms with van der Waals surface area (Å²) in [5, 5.41) is 18.9. The summed E-state index contributed by atoms with van der Waals surface area (Å²) < 4.78 is 4.73. The van der Waals surface area contributed by atoms with E-state index in [0.717, 1.165) is 16.7 Å². The minimum Gasteiger partial charge on any atom is -0.460 e. The van der Waals surface area contributed by atoms with Gasteiger partial charge in [-0.1, -0.05) is 32.0 Å². The summed E-state index contributed by atoms with van der Waals surface area (Å²) in [6.45, 7) is 13.4. The largest absolute Gasteiger partial charge is 0.460 e. The molecule has 29 heavy (non-hydrogen) atoms. The molecule has 0 aliphatic heterocycles. The molecule has 7 nitrogen and oxygen atoms in total. The number of esters is 1. The number of carbonyl (C=O) groups excluding carboxylic acids is 1. The van der Waals surface area contributed by atoms with E-state index >= 15 is 0 Å². The van der Waals surface area contributed by atoms with Crippen molar-refractivity contribution in [1.29, 1.82) is 10.5 Å². The number of rotatable bonds is 6. The number of ether oxygens (including phenoxy) is 1. The molecule has 0 aromatic heterocycles. The Morgan fingerprint density at radius 3 is 2.00 bits per heavy atom. The minimum absolute atomic E-state index is 0.213. The molecule has 2 N–H and O–H groups in total. The zero-order chi connectivity index (χ0) is 22.7. The first kappa shape index (κ1) is 25.8. The molecule has 0 bridgehead atoms. The van der Waals surface area contributed by atoms with Gasteiger partial charge in [-0.3, -0.25) is 4.99 Å². The van der Waals surface area contributed by atoms with Crippen LogP contribution in [-0.2, 0) is 26.9 Å². The lowest BCUT2D eigenvalue weighted by molar-refractivity contribution is -0.135. The van der Waals surface area contributed by atoms with Crippen molar-refractivity contribution in [2.75, 3.05) is 6.61 Å². The summed E-state index contributed by atoms with van der Waals surface area (Å²) in [5.41, 5.74) is 6.54. The summed E-state index contributed by atoms with van der Waals surface area (Å²) in [6, 6.07) is 10.2. The number of nitrogens with zero attached hydrogens (tertiary/aromatic N) is 4. The third-order valence-electron chi connectivity index (χ3n) is 4.03. The maximum Gasteiger partial charge on any atom is 0.373 e. The second kappa shape index (κ2) is 11.6. The first-order valence-corrected chi connectivity index (χ1v) is 9.53. The van der Waals surface area contributed by atoms with Crippen LogP contribution in [0, 0.1) is 22.7 Å². The van der Waals surface area contributed by atoms with Crippen molar-refractivity contribution in [1.82, 2.24) is 0 Å². The Hall–Kier alpha value is -3.19. The van der Waals surface area contributed by atoms with Gasteiger partial charge in [0.1, 0.15) is 6.34 Å². The van der Waals surface area contributed by atoms with E-state index in [-0.39, 0.29) is 19.0 Å². The van der Waals surface area contributed by atoms with Crippen LogP contribution in [-0.4, -0.2) is 24.8 Å². The summed E-state index contributed by atoms with van der Waals surface area (Å²) in [6.07, 6.45) is 1.20. The lowest BCUT2D eigenvalue weighted by Crippen LogP contribution is -2.26. The highest BCUT2D eigenvalue weighted by Gasteiger charge is 2.26. The molecule has 0 saturated heterocycles. The first-order chi connectivity index (χ1) is 13.6. The number of nitriles is 2. The summed E-state index contributed by atoms with van der Waals surface area (Å²) in [7, 11) is 0. The Kier molecular flexibility index (Phi) is 10.3. The lowest BCUT2D eigenvalue weighted by Gasteiger charge is -2.22. The fourth-order valence-electron chi connectivity index (χ4n) is 2.14. The van der Waals surface area contributed by atoms with Crippen molar-refractivity contribution in [3.63, 3.8) is 0 Å². The molecule has 0 radical (unpaired) electrons. The fraction of sp³-hybridized carbons (Fsp3) is 0.500. The van der Waals surface area contributed by atoms with Crippen LogP contribution in [0.1, 0.15) is 65.2 Å². The van der Waals surface area contributed by atoms with Gasteiger partial charge in [0, 0.05) is 0 Å². The molecular weight excluding hydrogens is 366 g/mol. The average Bonchev–Trinajstić information content (AvgIpc) is 2.72. The fourth-order valence-corrected chi connectivity index (χ4v) is 2.14. The summed E-state index contributed by atoms with van der Waals surface area (Å²) in [5.74, 6) is -0.967. The van der Waals surface area contributed by atoms with Crippen LogP contribution in [0.15, 0.2) is 28.2 Å². The number of aliphatic imine (C=N–C) groups is 2. The van der Waals surface area contributed by atoms with Gasteiger partial charge in [-0.25, -0.2) is 9.79 Å². The lowest BCUT2D eigenvalue weighted by atomic mass is 9.79. The highest BCUT2D eigenvalue weighted by molar-refractivity contribution is 6.35. The van der Waals surface area contributed by atoms with Crippen LogP contribution in [0.4, 0.5) is 0 Å². The van der Waals surface area contributed by atoms with E-state index in [1.807, 2.05) is 59.7 Å². The number of carbonyl (C=O) groups is 1. The van der Waals surface area contributed by atoms with E-state index in [9.17, 15) is 15.3 Å². The van der Waals surface area contributed by atoms with E-state index < -0.39 is 16.8 Å². The summed E-state index contributed by atoms with van der Waals surface area (Å²) >= 11 is 0. The second-order valence-electron chi connectivity index (χ2n) is 7.08. The zero-order valence-electron chi connectivity index (χ0n) is 18.4. The number of nitrogens with two attached hydrogens (primary N) is 1. The van der Waals surface area contributed by atoms with Crippen molar-refractivity contribution < 1.29 is 9.53 Å². The topological polar surface area (TPSA) is 125 Å². The smallest absolute Gasteiger partial charge is 0.373 e.